The molecule has 1 N–H and O–H groups in total. The molecule has 0 unspecified atom stereocenters. The number of carbonyl (C=O) groups is 1. The second-order valence-corrected chi connectivity index (χ2v) is 5.42. The lowest BCUT2D eigenvalue weighted by Crippen LogP contribution is -2.27. The lowest BCUT2D eigenvalue weighted by Gasteiger charge is -2.21. The number of hydrogen-bond acceptors (Lipinski definition) is 3. The normalized spacial score (nSPS) is 28.9. The molecular weight excluding hydrogens is 252 g/mol. The van der Waals surface area contributed by atoms with Crippen molar-refractivity contribution < 1.29 is 20.1 Å². The minimum Gasteiger partial charge on any atom is -0.507 e. The Morgan fingerprint density at radius 3 is 2.30 bits per heavy atom. The smallest absolute Gasteiger partial charge is 0.343 e. The molecule has 0 aromatic heterocycles. The van der Waals surface area contributed by atoms with Gasteiger partial charge < -0.3 is 9.84 Å². The Bertz CT molecular complexity index is 741. The summed E-state index contributed by atoms with van der Waals surface area (Å²) in [7, 11) is 0. The summed E-state index contributed by atoms with van der Waals surface area (Å²) < 4.78 is 37.9. The van der Waals surface area contributed by atoms with E-state index in [2.05, 4.69) is 0 Å². The first-order chi connectivity index (χ1) is 10.9. The summed E-state index contributed by atoms with van der Waals surface area (Å²) in [5, 5.41) is 10.8. The summed E-state index contributed by atoms with van der Waals surface area (Å²) in [6, 6.07) is 3.72. The summed E-state index contributed by atoms with van der Waals surface area (Å²) in [6.45, 7) is 5.51. The van der Waals surface area contributed by atoms with Gasteiger partial charge in [0.05, 0.1) is 0 Å². The van der Waals surface area contributed by atoms with Crippen molar-refractivity contribution >= 4 is 11.5 Å². The van der Waals surface area contributed by atoms with Crippen molar-refractivity contribution in [1.29, 1.82) is 0 Å². The van der Waals surface area contributed by atoms with Crippen molar-refractivity contribution in [3.05, 3.63) is 40.1 Å². The number of aliphatic hydroxyl groups is 1. The molecule has 1 spiro atoms. The molecule has 1 fully saturated rings. The average molecular weight is 276 g/mol. The lowest BCUT2D eigenvalue weighted by molar-refractivity contribution is -0.146. The van der Waals surface area contributed by atoms with Crippen molar-refractivity contribution in [1.82, 2.24) is 0 Å². The first-order valence-corrected chi connectivity index (χ1v) is 6.70. The Morgan fingerprint density at radius 2 is 1.75 bits per heavy atom. The van der Waals surface area contributed by atoms with Crippen LogP contribution < -0.4 is 0 Å². The number of aliphatic hydroxyl groups excluding tert-OH is 1. The van der Waals surface area contributed by atoms with Crippen molar-refractivity contribution in [3.63, 3.8) is 0 Å². The van der Waals surface area contributed by atoms with E-state index in [0.717, 1.165) is 16.7 Å². The molecule has 3 rings (SSSR count). The Labute approximate surface area is 124 Å². The molecule has 106 valence electrons. The quantitative estimate of drug-likeness (QED) is 0.795. The van der Waals surface area contributed by atoms with Gasteiger partial charge in [-0.25, -0.2) is 4.79 Å². The van der Waals surface area contributed by atoms with Gasteiger partial charge in [-0.15, -0.1) is 0 Å². The third-order valence-corrected chi connectivity index (χ3v) is 3.82. The maximum Gasteiger partial charge on any atom is 0.343 e. The number of benzene rings is 1. The molecule has 3 nitrogen and oxygen atoms in total. The molecule has 1 saturated carbocycles. The van der Waals surface area contributed by atoms with E-state index in [9.17, 15) is 9.90 Å². The van der Waals surface area contributed by atoms with E-state index in [0.29, 0.717) is 5.56 Å². The van der Waals surface area contributed by atoms with E-state index >= 15 is 0 Å². The highest BCUT2D eigenvalue weighted by Gasteiger charge is 2.50. The number of hydrogen-bond donors (Lipinski definition) is 1. The zero-order valence-corrected chi connectivity index (χ0v) is 11.8. The summed E-state index contributed by atoms with van der Waals surface area (Å²) in [5.74, 6) is -1.51. The van der Waals surface area contributed by atoms with Gasteiger partial charge in [-0.05, 0) is 63.0 Å². The molecule has 1 aliphatic carbocycles. The molecule has 0 atom stereocenters. The van der Waals surface area contributed by atoms with Gasteiger partial charge >= 0.3 is 5.97 Å². The largest absolute Gasteiger partial charge is 0.507 e. The highest BCUT2D eigenvalue weighted by Crippen LogP contribution is 2.47. The summed E-state index contributed by atoms with van der Waals surface area (Å²) >= 11 is 0. The third-order valence-electron chi connectivity index (χ3n) is 3.82. The molecule has 0 amide bonds. The van der Waals surface area contributed by atoms with Crippen molar-refractivity contribution in [2.45, 2.75) is 52.0 Å². The maximum absolute atomic E-state index is 12.5. The Balaban J connectivity index is 2.31. The minimum absolute atomic E-state index is 0.125. The summed E-state index contributed by atoms with van der Waals surface area (Å²) in [6.07, 6.45) is -4.61. The Kier molecular flexibility index (Phi) is 2.01. The molecule has 20 heavy (non-hydrogen) atoms. The van der Waals surface area contributed by atoms with Crippen molar-refractivity contribution in [2.75, 3.05) is 0 Å². The zero-order valence-electron chi connectivity index (χ0n) is 15.8. The van der Waals surface area contributed by atoms with Crippen LogP contribution in [0.3, 0.4) is 0 Å². The van der Waals surface area contributed by atoms with Gasteiger partial charge in [-0.3, -0.25) is 0 Å². The van der Waals surface area contributed by atoms with Gasteiger partial charge in [0.2, 0.25) is 0 Å². The predicted octanol–water partition coefficient (Wildman–Crippen LogP) is 3.75. The second kappa shape index (κ2) is 4.37. The van der Waals surface area contributed by atoms with E-state index in [1.807, 2.05) is 19.1 Å². The van der Waals surface area contributed by atoms with E-state index in [1.165, 1.54) is 0 Å². The van der Waals surface area contributed by atoms with Crippen LogP contribution in [0.15, 0.2) is 17.9 Å². The van der Waals surface area contributed by atoms with E-state index in [1.54, 1.807) is 13.8 Å². The highest BCUT2D eigenvalue weighted by molar-refractivity contribution is 6.20. The molecule has 0 bridgehead atoms. The fourth-order valence-corrected chi connectivity index (χ4v) is 3.09. The first-order valence-electron chi connectivity index (χ1n) is 8.70. The number of carbonyl (C=O) groups excluding carboxylic acids is 1. The van der Waals surface area contributed by atoms with Gasteiger partial charge in [0.25, 0.3) is 0 Å². The topological polar surface area (TPSA) is 46.5 Å². The zero-order chi connectivity index (χ0) is 18.1. The number of rotatable bonds is 1. The van der Waals surface area contributed by atoms with Crippen molar-refractivity contribution in [2.24, 2.45) is 0 Å². The van der Waals surface area contributed by atoms with Crippen LogP contribution in [0, 0.1) is 20.8 Å². The van der Waals surface area contributed by atoms with Gasteiger partial charge in [0.15, 0.2) is 11.4 Å². The van der Waals surface area contributed by atoms with Gasteiger partial charge in [0.1, 0.15) is 5.57 Å². The fraction of sp³-hybridized carbons (Fsp3) is 0.471. The van der Waals surface area contributed by atoms with Crippen LogP contribution in [-0.2, 0) is 9.53 Å². The molecule has 3 heteroatoms. The average Bonchev–Trinajstić information content (AvgIpc) is 2.80. The lowest BCUT2D eigenvalue weighted by atomic mass is 9.90. The molecule has 0 radical (unpaired) electrons. The monoisotopic (exact) mass is 276 g/mol. The van der Waals surface area contributed by atoms with Crippen molar-refractivity contribution in [3.8, 4) is 0 Å². The van der Waals surface area contributed by atoms with E-state index < -0.39 is 30.1 Å². The van der Waals surface area contributed by atoms with Crippen LogP contribution in [0.1, 0.15) is 53.3 Å². The molecule has 1 aromatic rings. The second-order valence-electron chi connectivity index (χ2n) is 5.42. The number of esters is 1. The molecule has 2 aliphatic rings. The van der Waals surface area contributed by atoms with E-state index in [4.69, 9.17) is 10.2 Å². The van der Waals surface area contributed by atoms with Gasteiger partial charge in [-0.1, -0.05) is 17.7 Å². The van der Waals surface area contributed by atoms with E-state index in [-0.39, 0.29) is 18.4 Å². The van der Waals surface area contributed by atoms with Crippen LogP contribution in [-0.4, -0.2) is 16.7 Å². The SMILES string of the molecule is [2H]C1([2H])CCC([2H])([2H])C12OC(=O)C(c1c(C)cc(C)cc1C)=C2O. The Hall–Kier alpha value is -1.77. The molecular formula is C17H20O3. The maximum atomic E-state index is 12.5. The van der Waals surface area contributed by atoms with Gasteiger partial charge in [0, 0.05) is 5.48 Å². The highest BCUT2D eigenvalue weighted by atomic mass is 16.6. The summed E-state index contributed by atoms with van der Waals surface area (Å²) in [4.78, 5) is 12.5. The minimum atomic E-state index is -2.28. The molecule has 0 saturated heterocycles. The Morgan fingerprint density at radius 1 is 1.20 bits per heavy atom. The number of aryl methyl sites for hydroxylation is 3. The predicted molar refractivity (Wildman–Crippen MR) is 77.5 cm³/mol. The van der Waals surface area contributed by atoms with Crippen LogP contribution in [0.2, 0.25) is 0 Å². The van der Waals surface area contributed by atoms with Gasteiger partial charge in [-0.2, -0.15) is 0 Å². The van der Waals surface area contributed by atoms with Crippen LogP contribution in [0.4, 0.5) is 0 Å². The first kappa shape index (κ1) is 9.22. The fourth-order valence-electron chi connectivity index (χ4n) is 3.09. The molecule has 1 heterocycles. The molecule has 1 aliphatic heterocycles. The van der Waals surface area contributed by atoms with Crippen LogP contribution in [0.25, 0.3) is 5.57 Å². The standard InChI is InChI=1S/C17H20O3/c1-10-8-11(2)13(12(3)9-10)14-15(18)17(20-16(14)19)6-4-5-7-17/h8-9,18H,4-7H2,1-3H3/i6D2,7D2. The molecule has 1 aromatic carbocycles. The summed E-state index contributed by atoms with van der Waals surface area (Å²) in [5.41, 5.74) is 0.583. The van der Waals surface area contributed by atoms with Crippen LogP contribution in [0.5, 0.6) is 0 Å². The van der Waals surface area contributed by atoms with Crippen LogP contribution >= 0.6 is 0 Å². The third kappa shape index (κ3) is 1.76. The number of ether oxygens (including phenoxy) is 1.